The first-order valence-electron chi connectivity index (χ1n) is 9.05. The Morgan fingerprint density at radius 3 is 2.16 bits per heavy atom. The van der Waals surface area contributed by atoms with E-state index in [0.29, 0.717) is 5.69 Å². The van der Waals surface area contributed by atoms with E-state index in [4.69, 9.17) is 27.8 Å². The lowest BCUT2D eigenvalue weighted by Crippen LogP contribution is -2.21. The Labute approximate surface area is 191 Å². The van der Waals surface area contributed by atoms with Gasteiger partial charge in [-0.3, -0.25) is 4.55 Å². The molecule has 0 spiro atoms. The van der Waals surface area contributed by atoms with E-state index in [1.54, 1.807) is 0 Å². The highest BCUT2D eigenvalue weighted by atomic mass is 35.5. The number of azo groups is 1. The lowest BCUT2D eigenvalue weighted by molar-refractivity contribution is 0.483. The third-order valence-electron chi connectivity index (χ3n) is 4.37. The van der Waals surface area contributed by atoms with Crippen molar-refractivity contribution in [3.63, 3.8) is 0 Å². The van der Waals surface area contributed by atoms with Gasteiger partial charge in [0.1, 0.15) is 10.6 Å². The van der Waals surface area contributed by atoms with Gasteiger partial charge < -0.3 is 11.1 Å². The molecule has 3 rings (SSSR count). The second-order valence-corrected chi connectivity index (χ2v) is 8.63. The van der Waals surface area contributed by atoms with Gasteiger partial charge in [0.25, 0.3) is 10.1 Å². The molecule has 0 radical (unpaired) electrons. The van der Waals surface area contributed by atoms with Gasteiger partial charge in [-0.2, -0.15) is 13.5 Å². The van der Waals surface area contributed by atoms with Crippen LogP contribution in [-0.4, -0.2) is 19.5 Å². The van der Waals surface area contributed by atoms with E-state index in [0.717, 1.165) is 24.8 Å². The molecule has 0 aliphatic heterocycles. The highest BCUT2D eigenvalue weighted by Gasteiger charge is 2.17. The summed E-state index contributed by atoms with van der Waals surface area (Å²) in [7, 11) is -4.47. The van der Waals surface area contributed by atoms with Gasteiger partial charge in [-0.25, -0.2) is 0 Å². The molecule has 3 aromatic carbocycles. The zero-order valence-corrected chi connectivity index (χ0v) is 19.1. The zero-order chi connectivity index (χ0) is 21.7. The first kappa shape index (κ1) is 24.8. The summed E-state index contributed by atoms with van der Waals surface area (Å²) >= 11 is 11.9. The number of benzene rings is 3. The molecule has 0 heterocycles. The van der Waals surface area contributed by atoms with Crippen molar-refractivity contribution in [3.05, 3.63) is 82.3 Å². The minimum Gasteiger partial charge on any atom is -0.367 e. The summed E-state index contributed by atoms with van der Waals surface area (Å²) in [5, 5.41) is 7.99. The Morgan fingerprint density at radius 1 is 0.935 bits per heavy atom. The van der Waals surface area contributed by atoms with Crippen LogP contribution in [0.1, 0.15) is 12.5 Å². The van der Waals surface area contributed by atoms with Crippen LogP contribution < -0.4 is 11.1 Å². The van der Waals surface area contributed by atoms with Gasteiger partial charge in [0.2, 0.25) is 0 Å². The fraction of sp³-hybridized carbons (Fsp3) is 0.143. The molecule has 10 heteroatoms. The molecule has 0 aliphatic carbocycles. The number of hydrogen-bond acceptors (Lipinski definition) is 6. The maximum atomic E-state index is 11.3. The molecule has 3 aromatic rings. The van der Waals surface area contributed by atoms with E-state index < -0.39 is 15.0 Å². The predicted octanol–water partition coefficient (Wildman–Crippen LogP) is 6.84. The first-order valence-corrected chi connectivity index (χ1v) is 11.2. The average molecular weight is 481 g/mol. The van der Waals surface area contributed by atoms with Crippen LogP contribution >= 0.6 is 23.2 Å². The average Bonchev–Trinajstić information content (AvgIpc) is 2.73. The van der Waals surface area contributed by atoms with Gasteiger partial charge in [-0.1, -0.05) is 53.5 Å². The lowest BCUT2D eigenvalue weighted by Gasteiger charge is -2.23. The molecule has 164 valence electrons. The summed E-state index contributed by atoms with van der Waals surface area (Å²) in [6.07, 6.45) is 0. The van der Waals surface area contributed by atoms with E-state index in [9.17, 15) is 8.42 Å². The number of halogens is 2. The minimum atomic E-state index is -4.47. The smallest absolute Gasteiger partial charge is 0.296 e. The van der Waals surface area contributed by atoms with Crippen LogP contribution in [0.15, 0.2) is 81.9 Å². The summed E-state index contributed by atoms with van der Waals surface area (Å²) in [5.41, 5.74) is 3.07. The normalized spacial score (nSPS) is 11.4. The van der Waals surface area contributed by atoms with E-state index in [1.165, 1.54) is 11.6 Å². The third kappa shape index (κ3) is 6.49. The summed E-state index contributed by atoms with van der Waals surface area (Å²) < 4.78 is 31.7. The topological polar surface area (TPSA) is 117 Å². The van der Waals surface area contributed by atoms with Crippen LogP contribution in [0, 0.1) is 0 Å². The van der Waals surface area contributed by atoms with Gasteiger partial charge in [0, 0.05) is 18.8 Å². The van der Waals surface area contributed by atoms with Gasteiger partial charge in [0.15, 0.2) is 0 Å². The van der Waals surface area contributed by atoms with Crippen molar-refractivity contribution in [3.8, 4) is 0 Å². The second-order valence-electron chi connectivity index (χ2n) is 6.43. The Balaban J connectivity index is 0.00000341. The largest absolute Gasteiger partial charge is 0.367 e. The number of anilines is 1. The molecule has 0 saturated heterocycles. The predicted molar refractivity (Wildman–Crippen MR) is 125 cm³/mol. The van der Waals surface area contributed by atoms with Gasteiger partial charge in [-0.15, -0.1) is 5.11 Å². The van der Waals surface area contributed by atoms with E-state index in [-0.39, 0.29) is 21.9 Å². The van der Waals surface area contributed by atoms with E-state index in [2.05, 4.69) is 34.2 Å². The van der Waals surface area contributed by atoms with Crippen molar-refractivity contribution < 1.29 is 13.0 Å². The third-order valence-corrected chi connectivity index (χ3v) is 5.99. The maximum Gasteiger partial charge on any atom is 0.296 e. The van der Waals surface area contributed by atoms with E-state index >= 15 is 0 Å². The van der Waals surface area contributed by atoms with Crippen molar-refractivity contribution in [2.45, 2.75) is 18.4 Å². The van der Waals surface area contributed by atoms with Crippen molar-refractivity contribution in [2.75, 3.05) is 11.4 Å². The molecule has 4 N–H and O–H groups in total. The molecule has 31 heavy (non-hydrogen) atoms. The second kappa shape index (κ2) is 10.7. The molecule has 0 fully saturated rings. The molecule has 0 saturated carbocycles. The van der Waals surface area contributed by atoms with Crippen LogP contribution in [0.5, 0.6) is 0 Å². The molecule has 0 atom stereocenters. The molecule has 0 aromatic heterocycles. The number of nitrogens with zero attached hydrogens (tertiary/aromatic N) is 3. The van der Waals surface area contributed by atoms with Gasteiger partial charge >= 0.3 is 0 Å². The highest BCUT2D eigenvalue weighted by Crippen LogP contribution is 2.34. The van der Waals surface area contributed by atoms with Crippen molar-refractivity contribution >= 4 is 50.4 Å². The summed E-state index contributed by atoms with van der Waals surface area (Å²) in [6.45, 7) is 3.74. The zero-order valence-electron chi connectivity index (χ0n) is 16.7. The van der Waals surface area contributed by atoms with Crippen LogP contribution in [-0.2, 0) is 16.7 Å². The van der Waals surface area contributed by atoms with Crippen LogP contribution in [0.4, 0.5) is 17.1 Å². The van der Waals surface area contributed by atoms with E-state index in [1.807, 2.05) is 42.5 Å². The van der Waals surface area contributed by atoms with Crippen molar-refractivity contribution in [1.82, 2.24) is 6.15 Å². The number of rotatable bonds is 7. The Kier molecular flexibility index (Phi) is 8.55. The Hall–Kier alpha value is -2.49. The molecule has 0 unspecified atom stereocenters. The monoisotopic (exact) mass is 480 g/mol. The Morgan fingerprint density at radius 2 is 1.58 bits per heavy atom. The molecular formula is C21H22Cl2N4O3S. The van der Waals surface area contributed by atoms with Crippen LogP contribution in [0.25, 0.3) is 0 Å². The number of hydrogen-bond donors (Lipinski definition) is 2. The molecular weight excluding hydrogens is 459 g/mol. The van der Waals surface area contributed by atoms with Crippen molar-refractivity contribution in [1.29, 1.82) is 0 Å². The van der Waals surface area contributed by atoms with Crippen LogP contribution in [0.3, 0.4) is 0 Å². The first-order chi connectivity index (χ1) is 14.3. The van der Waals surface area contributed by atoms with Crippen molar-refractivity contribution in [2.24, 2.45) is 10.2 Å². The Bertz CT molecular complexity index is 1160. The minimum absolute atomic E-state index is 0. The van der Waals surface area contributed by atoms with Crippen LogP contribution in [0.2, 0.25) is 10.0 Å². The SMILES string of the molecule is CCN(Cc1ccccc1)c1ccc(N=Nc2cc(Cl)c(S(=O)(=O)O)cc2Cl)cc1.N. The molecule has 7 nitrogen and oxygen atoms in total. The molecule has 0 amide bonds. The standard InChI is InChI=1S/C21H19Cl2N3O3S.H3N/c1-2-26(14-15-6-4-3-5-7-15)17-10-8-16(9-11-17)24-25-20-12-19(23)21(13-18(20)22)30(27,28)29;/h3-13H,2,14H2,1H3,(H,27,28,29);1H3. The molecule has 0 bridgehead atoms. The fourth-order valence-corrected chi connectivity index (χ4v) is 4.11. The highest BCUT2D eigenvalue weighted by molar-refractivity contribution is 7.86. The summed E-state index contributed by atoms with van der Waals surface area (Å²) in [6, 6.07) is 20.1. The maximum absolute atomic E-state index is 11.3. The quantitative estimate of drug-likeness (QED) is 0.283. The fourth-order valence-electron chi connectivity index (χ4n) is 2.82. The molecule has 0 aliphatic rings. The lowest BCUT2D eigenvalue weighted by atomic mass is 10.2. The summed E-state index contributed by atoms with van der Waals surface area (Å²) in [4.78, 5) is 1.76. The van der Waals surface area contributed by atoms with Gasteiger partial charge in [0.05, 0.1) is 15.7 Å². The summed E-state index contributed by atoms with van der Waals surface area (Å²) in [5.74, 6) is 0. The van der Waals surface area contributed by atoms with Gasteiger partial charge in [-0.05, 0) is 48.9 Å².